The highest BCUT2D eigenvalue weighted by molar-refractivity contribution is 14.1. The Morgan fingerprint density at radius 3 is 2.47 bits per heavy atom. The van der Waals surface area contributed by atoms with E-state index < -0.39 is 0 Å². The molecule has 0 aromatic heterocycles. The van der Waals surface area contributed by atoms with E-state index in [0.717, 1.165) is 20.4 Å². The van der Waals surface area contributed by atoms with Crippen molar-refractivity contribution in [3.63, 3.8) is 0 Å². The molecule has 0 aliphatic carbocycles. The van der Waals surface area contributed by atoms with Crippen LogP contribution in [0, 0.1) is 17.4 Å². The van der Waals surface area contributed by atoms with E-state index in [-0.39, 0.29) is 0 Å². The summed E-state index contributed by atoms with van der Waals surface area (Å²) in [6.45, 7) is 6.98. The predicted octanol–water partition coefficient (Wildman–Crippen LogP) is 7.94. The van der Waals surface area contributed by atoms with E-state index in [1.165, 1.54) is 11.1 Å². The predicted molar refractivity (Wildman–Crippen MR) is 134 cm³/mol. The van der Waals surface area contributed by atoms with E-state index in [1.54, 1.807) is 12.1 Å². The van der Waals surface area contributed by atoms with Gasteiger partial charge in [-0.05, 0) is 96.5 Å². The van der Waals surface area contributed by atoms with Crippen molar-refractivity contribution in [1.82, 2.24) is 0 Å². The van der Waals surface area contributed by atoms with Gasteiger partial charge in [-0.25, -0.2) is 0 Å². The van der Waals surface area contributed by atoms with Crippen LogP contribution >= 0.6 is 45.8 Å². The van der Waals surface area contributed by atoms with Crippen molar-refractivity contribution in [3.05, 3.63) is 84.4 Å². The summed E-state index contributed by atoms with van der Waals surface area (Å²) in [5, 5.41) is 1.17. The molecule has 0 unspecified atom stereocenters. The molecule has 0 saturated heterocycles. The standard InChI is InChI=1S/C24H22Cl2INO2/c1-4-29-23-11-17(13-28-20-8-5-15(2)16(3)9-20)10-22(27)24(23)30-14-18-6-7-19(25)12-21(18)26/h5-13H,4,14H2,1-3H3. The summed E-state index contributed by atoms with van der Waals surface area (Å²) in [7, 11) is 0. The van der Waals surface area contributed by atoms with E-state index in [0.29, 0.717) is 34.8 Å². The van der Waals surface area contributed by atoms with Crippen LogP contribution in [0.3, 0.4) is 0 Å². The van der Waals surface area contributed by atoms with Crippen molar-refractivity contribution in [2.45, 2.75) is 27.4 Å². The molecular weight excluding hydrogens is 532 g/mol. The molecule has 0 atom stereocenters. The smallest absolute Gasteiger partial charge is 0.175 e. The normalized spacial score (nSPS) is 11.1. The third-order valence-corrected chi connectivity index (χ3v) is 5.96. The summed E-state index contributed by atoms with van der Waals surface area (Å²) in [5.74, 6) is 1.36. The summed E-state index contributed by atoms with van der Waals surface area (Å²) in [5.41, 5.74) is 5.20. The van der Waals surface area contributed by atoms with Crippen LogP contribution in [0.25, 0.3) is 0 Å². The fraction of sp³-hybridized carbons (Fsp3) is 0.208. The highest BCUT2D eigenvalue weighted by Gasteiger charge is 2.13. The maximum Gasteiger partial charge on any atom is 0.175 e. The topological polar surface area (TPSA) is 30.8 Å². The number of hydrogen-bond acceptors (Lipinski definition) is 3. The molecule has 0 spiro atoms. The molecule has 0 bridgehead atoms. The molecular formula is C24H22Cl2INO2. The molecule has 0 N–H and O–H groups in total. The Hall–Kier alpha value is -1.76. The number of rotatable bonds is 7. The monoisotopic (exact) mass is 553 g/mol. The SMILES string of the molecule is CCOc1cc(C=Nc2ccc(C)c(C)c2)cc(I)c1OCc1ccc(Cl)cc1Cl. The molecule has 0 fully saturated rings. The van der Waals surface area contributed by atoms with Gasteiger partial charge in [0.15, 0.2) is 11.5 Å². The quantitative estimate of drug-likeness (QED) is 0.219. The summed E-state index contributed by atoms with van der Waals surface area (Å²) in [6, 6.07) is 15.5. The molecule has 0 aliphatic rings. The van der Waals surface area contributed by atoms with Crippen molar-refractivity contribution in [2.75, 3.05) is 6.61 Å². The van der Waals surface area contributed by atoms with Crippen LogP contribution in [0.15, 0.2) is 53.5 Å². The number of hydrogen-bond donors (Lipinski definition) is 0. The van der Waals surface area contributed by atoms with Gasteiger partial charge in [0.05, 0.1) is 15.9 Å². The van der Waals surface area contributed by atoms with Crippen LogP contribution in [-0.2, 0) is 6.61 Å². The van der Waals surface area contributed by atoms with Crippen molar-refractivity contribution in [3.8, 4) is 11.5 Å². The van der Waals surface area contributed by atoms with Gasteiger partial charge >= 0.3 is 0 Å². The van der Waals surface area contributed by atoms with Gasteiger partial charge in [-0.3, -0.25) is 4.99 Å². The summed E-state index contributed by atoms with van der Waals surface area (Å²) in [6.07, 6.45) is 1.84. The molecule has 0 radical (unpaired) electrons. The lowest BCUT2D eigenvalue weighted by atomic mass is 10.1. The minimum absolute atomic E-state index is 0.322. The van der Waals surface area contributed by atoms with Gasteiger partial charge in [-0.1, -0.05) is 35.3 Å². The van der Waals surface area contributed by atoms with Crippen molar-refractivity contribution >= 4 is 57.7 Å². The molecule has 156 valence electrons. The Kier molecular flexibility index (Phi) is 8.03. The Labute approximate surface area is 201 Å². The Balaban J connectivity index is 1.84. The molecule has 3 rings (SSSR count). The third kappa shape index (κ3) is 5.90. The first-order valence-corrected chi connectivity index (χ1v) is 11.3. The number of aryl methyl sites for hydroxylation is 2. The second-order valence-corrected chi connectivity index (χ2v) is 8.82. The highest BCUT2D eigenvalue weighted by Crippen LogP contribution is 2.35. The summed E-state index contributed by atoms with van der Waals surface area (Å²) in [4.78, 5) is 4.61. The molecule has 3 nitrogen and oxygen atoms in total. The van der Waals surface area contributed by atoms with Gasteiger partial charge in [0.1, 0.15) is 6.61 Å². The minimum Gasteiger partial charge on any atom is -0.490 e. The van der Waals surface area contributed by atoms with Crippen LogP contribution in [0.1, 0.15) is 29.2 Å². The number of benzene rings is 3. The average Bonchev–Trinajstić information content (AvgIpc) is 2.70. The molecule has 0 saturated carbocycles. The lowest BCUT2D eigenvalue weighted by Gasteiger charge is -2.15. The average molecular weight is 554 g/mol. The number of ether oxygens (including phenoxy) is 2. The van der Waals surface area contributed by atoms with Crippen LogP contribution in [0.2, 0.25) is 10.0 Å². The van der Waals surface area contributed by atoms with Crippen LogP contribution in [-0.4, -0.2) is 12.8 Å². The van der Waals surface area contributed by atoms with Gasteiger partial charge < -0.3 is 9.47 Å². The number of halogens is 3. The van der Waals surface area contributed by atoms with Gasteiger partial charge in [0.2, 0.25) is 0 Å². The maximum atomic E-state index is 6.27. The number of aliphatic imine (C=N–C) groups is 1. The van der Waals surface area contributed by atoms with Gasteiger partial charge in [-0.15, -0.1) is 0 Å². The van der Waals surface area contributed by atoms with Crippen molar-refractivity contribution in [2.24, 2.45) is 4.99 Å². The summed E-state index contributed by atoms with van der Waals surface area (Å²) < 4.78 is 12.8. The first kappa shape index (κ1) is 22.9. The zero-order valence-electron chi connectivity index (χ0n) is 17.0. The zero-order chi connectivity index (χ0) is 21.7. The Morgan fingerprint density at radius 2 is 1.77 bits per heavy atom. The Bertz CT molecular complexity index is 1080. The van der Waals surface area contributed by atoms with Crippen LogP contribution < -0.4 is 9.47 Å². The maximum absolute atomic E-state index is 6.27. The van der Waals surface area contributed by atoms with E-state index in [9.17, 15) is 0 Å². The number of nitrogens with zero attached hydrogens (tertiary/aromatic N) is 1. The second kappa shape index (κ2) is 10.5. The summed E-state index contributed by atoms with van der Waals surface area (Å²) >= 11 is 14.5. The molecule has 0 heterocycles. The van der Waals surface area contributed by atoms with E-state index in [1.807, 2.05) is 37.4 Å². The molecule has 6 heteroatoms. The molecule has 30 heavy (non-hydrogen) atoms. The van der Waals surface area contributed by atoms with E-state index >= 15 is 0 Å². The van der Waals surface area contributed by atoms with Crippen LogP contribution in [0.5, 0.6) is 11.5 Å². The zero-order valence-corrected chi connectivity index (χ0v) is 20.7. The van der Waals surface area contributed by atoms with Gasteiger partial charge in [-0.2, -0.15) is 0 Å². The van der Waals surface area contributed by atoms with Gasteiger partial charge in [0, 0.05) is 21.8 Å². The lowest BCUT2D eigenvalue weighted by Crippen LogP contribution is -2.03. The first-order valence-electron chi connectivity index (χ1n) is 9.51. The Morgan fingerprint density at radius 1 is 0.967 bits per heavy atom. The second-order valence-electron chi connectivity index (χ2n) is 6.81. The van der Waals surface area contributed by atoms with E-state index in [2.05, 4.69) is 53.6 Å². The molecule has 0 amide bonds. The minimum atomic E-state index is 0.322. The fourth-order valence-corrected chi connectivity index (χ4v) is 4.05. The highest BCUT2D eigenvalue weighted by atomic mass is 127. The van der Waals surface area contributed by atoms with Gasteiger partial charge in [0.25, 0.3) is 0 Å². The largest absolute Gasteiger partial charge is 0.490 e. The first-order chi connectivity index (χ1) is 14.4. The third-order valence-electron chi connectivity index (χ3n) is 4.57. The molecule has 3 aromatic carbocycles. The lowest BCUT2D eigenvalue weighted by molar-refractivity contribution is 0.267. The fourth-order valence-electron chi connectivity index (χ4n) is 2.81. The van der Waals surface area contributed by atoms with Crippen LogP contribution in [0.4, 0.5) is 5.69 Å². The molecule has 0 aliphatic heterocycles. The van der Waals surface area contributed by atoms with E-state index in [4.69, 9.17) is 32.7 Å². The van der Waals surface area contributed by atoms with Crippen molar-refractivity contribution in [1.29, 1.82) is 0 Å². The molecule has 3 aromatic rings. The van der Waals surface area contributed by atoms with Crippen molar-refractivity contribution < 1.29 is 9.47 Å².